The van der Waals surface area contributed by atoms with E-state index in [1.54, 1.807) is 6.20 Å². The molecule has 0 N–H and O–H groups in total. The van der Waals surface area contributed by atoms with Gasteiger partial charge in [0.25, 0.3) is 0 Å². The van der Waals surface area contributed by atoms with E-state index in [2.05, 4.69) is 155 Å². The highest BCUT2D eigenvalue weighted by molar-refractivity contribution is 6.13. The molecule has 12 aromatic rings. The number of rotatable bonds is 5. The number of hydrogen-bond acceptors (Lipinski definition) is 5. The molecule has 0 unspecified atom stereocenters. The number of nitrogens with zero attached hydrogens (tertiary/aromatic N) is 5. The fraction of sp³-hybridized carbons (Fsp3) is 0. The van der Waals surface area contributed by atoms with Gasteiger partial charge in [0.2, 0.25) is 0 Å². The molecule has 0 atom stereocenters. The summed E-state index contributed by atoms with van der Waals surface area (Å²) in [5, 5.41) is 8.06. The van der Waals surface area contributed by atoms with Gasteiger partial charge >= 0.3 is 0 Å². The Morgan fingerprint density at radius 3 is 1.90 bits per heavy atom. The molecule has 270 valence electrons. The third kappa shape index (κ3) is 5.20. The van der Waals surface area contributed by atoms with Crippen LogP contribution < -0.4 is 0 Å². The molecule has 0 fully saturated rings. The molecule has 4 heterocycles. The van der Waals surface area contributed by atoms with Crippen LogP contribution in [0.2, 0.25) is 0 Å². The lowest BCUT2D eigenvalue weighted by Crippen LogP contribution is -2.01. The summed E-state index contributed by atoms with van der Waals surface area (Å²) >= 11 is 0. The first-order chi connectivity index (χ1) is 28.7. The molecule has 58 heavy (non-hydrogen) atoms. The summed E-state index contributed by atoms with van der Waals surface area (Å²) in [6.45, 7) is 0. The Bertz CT molecular complexity index is 3570. The van der Waals surface area contributed by atoms with Gasteiger partial charge in [-0.15, -0.1) is 0 Å². The predicted octanol–water partition coefficient (Wildman–Crippen LogP) is 13.2. The molecule has 0 aliphatic rings. The molecule has 6 heteroatoms. The van der Waals surface area contributed by atoms with Crippen molar-refractivity contribution in [2.75, 3.05) is 0 Å². The van der Waals surface area contributed by atoms with Crippen molar-refractivity contribution in [1.82, 2.24) is 24.5 Å². The summed E-state index contributed by atoms with van der Waals surface area (Å²) in [5.74, 6) is 1.69. The summed E-state index contributed by atoms with van der Waals surface area (Å²) in [7, 11) is 0. The second kappa shape index (κ2) is 12.8. The highest BCUT2D eigenvalue weighted by Crippen LogP contribution is 2.38. The van der Waals surface area contributed by atoms with Crippen molar-refractivity contribution in [1.29, 1.82) is 0 Å². The molecule has 0 aliphatic carbocycles. The summed E-state index contributed by atoms with van der Waals surface area (Å²) in [4.78, 5) is 20.1. The third-order valence-corrected chi connectivity index (χ3v) is 11.3. The predicted molar refractivity (Wildman–Crippen MR) is 236 cm³/mol. The van der Waals surface area contributed by atoms with Gasteiger partial charge in [-0.2, -0.15) is 0 Å². The van der Waals surface area contributed by atoms with E-state index >= 15 is 0 Å². The second-order valence-electron chi connectivity index (χ2n) is 14.7. The van der Waals surface area contributed by atoms with Gasteiger partial charge < -0.3 is 8.98 Å². The zero-order chi connectivity index (χ0) is 38.2. The van der Waals surface area contributed by atoms with Crippen LogP contribution in [0.5, 0.6) is 0 Å². The van der Waals surface area contributed by atoms with Gasteiger partial charge in [-0.25, -0.2) is 15.0 Å². The smallest absolute Gasteiger partial charge is 0.167 e. The van der Waals surface area contributed by atoms with Crippen molar-refractivity contribution in [3.05, 3.63) is 188 Å². The van der Waals surface area contributed by atoms with Gasteiger partial charge in [0.05, 0.1) is 16.6 Å². The van der Waals surface area contributed by atoms with Crippen LogP contribution in [0.25, 0.3) is 116 Å². The van der Waals surface area contributed by atoms with Crippen molar-refractivity contribution in [3.8, 4) is 51.0 Å². The lowest BCUT2D eigenvalue weighted by Gasteiger charge is -2.11. The lowest BCUT2D eigenvalue weighted by molar-refractivity contribution is 0.668. The third-order valence-electron chi connectivity index (χ3n) is 11.3. The molecule has 0 spiro atoms. The van der Waals surface area contributed by atoms with Crippen LogP contribution in [0.15, 0.2) is 193 Å². The Morgan fingerprint density at radius 1 is 0.397 bits per heavy atom. The van der Waals surface area contributed by atoms with Crippen LogP contribution in [0, 0.1) is 0 Å². The molecular formula is C52H31N5O. The minimum Gasteiger partial charge on any atom is -0.454 e. The lowest BCUT2D eigenvalue weighted by atomic mass is 10.00. The fourth-order valence-corrected chi connectivity index (χ4v) is 8.44. The SMILES string of the molecule is c1ccc(-c2ccc3cc(-c4nc(-c5ccc(-n6c7ccccc7c7cc8ccccc8cc76)cc5)nc(-c5cccc6c5oc5cccnc56)n4)ccc3c2)cc1. The number of para-hydroxylation sites is 2. The number of furan rings is 1. The van der Waals surface area contributed by atoms with Crippen molar-refractivity contribution < 1.29 is 4.42 Å². The van der Waals surface area contributed by atoms with Crippen LogP contribution in [0.4, 0.5) is 0 Å². The zero-order valence-electron chi connectivity index (χ0n) is 31.0. The Labute approximate surface area is 332 Å². The topological polar surface area (TPSA) is 69.6 Å². The molecule has 0 saturated heterocycles. The van der Waals surface area contributed by atoms with Crippen LogP contribution in [-0.2, 0) is 0 Å². The van der Waals surface area contributed by atoms with Crippen molar-refractivity contribution in [3.63, 3.8) is 0 Å². The summed E-state index contributed by atoms with van der Waals surface area (Å²) < 4.78 is 8.77. The summed E-state index contributed by atoms with van der Waals surface area (Å²) in [5.41, 5.74) is 10.5. The van der Waals surface area contributed by atoms with Gasteiger partial charge in [0.15, 0.2) is 23.1 Å². The van der Waals surface area contributed by atoms with E-state index in [9.17, 15) is 0 Å². The molecule has 0 amide bonds. The Kier molecular flexibility index (Phi) is 7.13. The second-order valence-corrected chi connectivity index (χ2v) is 14.7. The van der Waals surface area contributed by atoms with E-state index in [1.807, 2.05) is 36.4 Å². The van der Waals surface area contributed by atoms with Crippen molar-refractivity contribution >= 4 is 65.4 Å². The molecular weight excluding hydrogens is 711 g/mol. The van der Waals surface area contributed by atoms with Gasteiger partial charge in [-0.3, -0.25) is 4.98 Å². The number of hydrogen-bond donors (Lipinski definition) is 0. The highest BCUT2D eigenvalue weighted by atomic mass is 16.3. The normalized spacial score (nSPS) is 11.8. The van der Waals surface area contributed by atoms with Crippen LogP contribution in [0.3, 0.4) is 0 Å². The van der Waals surface area contributed by atoms with Crippen molar-refractivity contribution in [2.24, 2.45) is 0 Å². The number of aromatic nitrogens is 5. The maximum absolute atomic E-state index is 6.42. The average Bonchev–Trinajstić information content (AvgIpc) is 3.83. The minimum atomic E-state index is 0.530. The van der Waals surface area contributed by atoms with Crippen LogP contribution in [-0.4, -0.2) is 24.5 Å². The Morgan fingerprint density at radius 2 is 1.05 bits per heavy atom. The Balaban J connectivity index is 1.02. The van der Waals surface area contributed by atoms with Crippen LogP contribution in [0.1, 0.15) is 0 Å². The first-order valence-electron chi connectivity index (χ1n) is 19.4. The van der Waals surface area contributed by atoms with Gasteiger partial charge in [0, 0.05) is 39.2 Å². The van der Waals surface area contributed by atoms with E-state index in [1.165, 1.54) is 32.7 Å². The molecule has 0 aliphatic heterocycles. The molecule has 12 rings (SSSR count). The molecule has 0 bridgehead atoms. The highest BCUT2D eigenvalue weighted by Gasteiger charge is 2.19. The first-order valence-corrected chi connectivity index (χ1v) is 19.4. The molecule has 0 saturated carbocycles. The quantitative estimate of drug-likeness (QED) is 0.176. The van der Waals surface area contributed by atoms with E-state index in [0.29, 0.717) is 23.1 Å². The summed E-state index contributed by atoms with van der Waals surface area (Å²) in [6, 6.07) is 63.6. The number of fused-ring (bicyclic) bond motifs is 8. The van der Waals surface area contributed by atoms with Crippen molar-refractivity contribution in [2.45, 2.75) is 0 Å². The standard InChI is InChI=1S/C52H31N5O/c1-2-10-32(11-3-1)36-19-20-38-29-39(22-21-37(38)28-36)51-54-50(55-52(56-51)43-16-8-15-42-48-47(58-49(42)43)18-9-27-53-48)33-23-25-40(26-24-33)57-45-17-7-6-14-41(45)44-30-34-12-4-5-13-35(34)31-46(44)57/h1-31H. The Hall–Kier alpha value is -7.96. The minimum absolute atomic E-state index is 0.530. The molecule has 6 nitrogen and oxygen atoms in total. The van der Waals surface area contributed by atoms with E-state index < -0.39 is 0 Å². The maximum atomic E-state index is 6.42. The summed E-state index contributed by atoms with van der Waals surface area (Å²) in [6.07, 6.45) is 1.79. The van der Waals surface area contributed by atoms with E-state index in [-0.39, 0.29) is 0 Å². The molecule has 0 radical (unpaired) electrons. The largest absolute Gasteiger partial charge is 0.454 e. The fourth-order valence-electron chi connectivity index (χ4n) is 8.44. The zero-order valence-corrected chi connectivity index (χ0v) is 31.0. The van der Waals surface area contributed by atoms with E-state index in [4.69, 9.17) is 19.4 Å². The van der Waals surface area contributed by atoms with Crippen LogP contribution >= 0.6 is 0 Å². The monoisotopic (exact) mass is 741 g/mol. The average molecular weight is 742 g/mol. The molecule has 4 aromatic heterocycles. The first kappa shape index (κ1) is 32.3. The van der Waals surface area contributed by atoms with Gasteiger partial charge in [-0.05, 0) is 112 Å². The number of pyridine rings is 1. The van der Waals surface area contributed by atoms with Gasteiger partial charge in [0.1, 0.15) is 11.1 Å². The molecule has 8 aromatic carbocycles. The number of benzene rings is 8. The maximum Gasteiger partial charge on any atom is 0.167 e. The van der Waals surface area contributed by atoms with Gasteiger partial charge in [-0.1, -0.05) is 103 Å². The van der Waals surface area contributed by atoms with E-state index in [0.717, 1.165) is 60.7 Å².